The molecule has 1 N–H and O–H groups in total. The molecule has 1 unspecified atom stereocenters. The maximum atomic E-state index is 12.5. The van der Waals surface area contributed by atoms with Crippen molar-refractivity contribution in [1.29, 1.82) is 0 Å². The van der Waals surface area contributed by atoms with Gasteiger partial charge in [0.2, 0.25) is 0 Å². The van der Waals surface area contributed by atoms with Gasteiger partial charge in [-0.15, -0.1) is 13.2 Å². The molecule has 118 valence electrons. The summed E-state index contributed by atoms with van der Waals surface area (Å²) in [6.45, 7) is 4.26. The van der Waals surface area contributed by atoms with Crippen molar-refractivity contribution in [2.45, 2.75) is 32.7 Å². The zero-order valence-electron chi connectivity index (χ0n) is 11.8. The topological polar surface area (TPSA) is 21.3 Å². The van der Waals surface area contributed by atoms with Gasteiger partial charge in [0.25, 0.3) is 0 Å². The number of anilines is 1. The molecule has 1 aromatic carbocycles. The third-order valence-corrected chi connectivity index (χ3v) is 5.17. The average molecular weight is 384 g/mol. The van der Waals surface area contributed by atoms with Crippen LogP contribution in [0, 0.1) is 5.41 Å². The molecule has 2 nitrogen and oxygen atoms in total. The quantitative estimate of drug-likeness (QED) is 0.765. The van der Waals surface area contributed by atoms with E-state index in [1.54, 1.807) is 12.1 Å². The lowest BCUT2D eigenvalue weighted by atomic mass is 9.82. The molecule has 1 aliphatic heterocycles. The van der Waals surface area contributed by atoms with Crippen LogP contribution in [-0.2, 0) is 0 Å². The van der Waals surface area contributed by atoms with E-state index in [2.05, 4.69) is 39.8 Å². The Balaban J connectivity index is 2.23. The lowest BCUT2D eigenvalue weighted by molar-refractivity contribution is -0.274. The van der Waals surface area contributed by atoms with Crippen LogP contribution in [0.1, 0.15) is 20.3 Å². The van der Waals surface area contributed by atoms with Crippen LogP contribution < -0.4 is 10.1 Å². The van der Waals surface area contributed by atoms with E-state index in [1.165, 1.54) is 6.07 Å². The van der Waals surface area contributed by atoms with E-state index in [4.69, 9.17) is 0 Å². The van der Waals surface area contributed by atoms with Gasteiger partial charge >= 0.3 is 6.36 Å². The van der Waals surface area contributed by atoms with E-state index in [0.717, 1.165) is 17.9 Å². The second kappa shape index (κ2) is 6.28. The lowest BCUT2D eigenvalue weighted by Crippen LogP contribution is -2.41. The van der Waals surface area contributed by atoms with Gasteiger partial charge in [0.1, 0.15) is 0 Å². The normalized spacial score (nSPS) is 21.9. The minimum atomic E-state index is -4.70. The zero-order chi connectivity index (χ0) is 15.7. The Kier molecular flexibility index (Phi) is 5.03. The molecular formula is C14H17BrF3NOS. The maximum Gasteiger partial charge on any atom is 0.573 e. The molecule has 0 spiro atoms. The van der Waals surface area contributed by atoms with Gasteiger partial charge in [-0.3, -0.25) is 0 Å². The Morgan fingerprint density at radius 1 is 1.38 bits per heavy atom. The molecule has 2 rings (SSSR count). The van der Waals surface area contributed by atoms with E-state index in [0.29, 0.717) is 10.2 Å². The molecule has 0 radical (unpaired) electrons. The van der Waals surface area contributed by atoms with Crippen LogP contribution in [0.4, 0.5) is 18.9 Å². The minimum Gasteiger partial charge on any atom is -0.404 e. The molecule has 7 heteroatoms. The summed E-state index contributed by atoms with van der Waals surface area (Å²) in [4.78, 5) is 0. The number of thioether (sulfide) groups is 1. The first-order valence-electron chi connectivity index (χ1n) is 6.57. The second-order valence-corrected chi connectivity index (χ2v) is 7.76. The fourth-order valence-corrected chi connectivity index (χ4v) is 4.13. The van der Waals surface area contributed by atoms with E-state index in [-0.39, 0.29) is 17.2 Å². The van der Waals surface area contributed by atoms with Gasteiger partial charge in [0, 0.05) is 16.3 Å². The van der Waals surface area contributed by atoms with Crippen molar-refractivity contribution >= 4 is 33.4 Å². The highest BCUT2D eigenvalue weighted by Gasteiger charge is 2.35. The van der Waals surface area contributed by atoms with Crippen molar-refractivity contribution < 1.29 is 17.9 Å². The van der Waals surface area contributed by atoms with Gasteiger partial charge in [-0.25, -0.2) is 0 Å². The fraction of sp³-hybridized carbons (Fsp3) is 0.571. The molecule has 0 aromatic heterocycles. The maximum absolute atomic E-state index is 12.5. The predicted octanol–water partition coefficient (Wildman–Crippen LogP) is 5.29. The van der Waals surface area contributed by atoms with Crippen molar-refractivity contribution in [2.24, 2.45) is 5.41 Å². The Hall–Kier alpha value is -0.560. The van der Waals surface area contributed by atoms with Crippen LogP contribution in [0.3, 0.4) is 0 Å². The van der Waals surface area contributed by atoms with Crippen molar-refractivity contribution in [3.63, 3.8) is 0 Å². The molecule has 0 amide bonds. The molecule has 1 saturated heterocycles. The van der Waals surface area contributed by atoms with Gasteiger partial charge in [0.15, 0.2) is 5.75 Å². The molecule has 0 saturated carbocycles. The third kappa shape index (κ3) is 4.71. The summed E-state index contributed by atoms with van der Waals surface area (Å²) in [6, 6.07) is 4.75. The summed E-state index contributed by atoms with van der Waals surface area (Å²) in [5, 5.41) is 3.22. The molecule has 1 fully saturated rings. The molecule has 1 atom stereocenters. The van der Waals surface area contributed by atoms with Gasteiger partial charge in [-0.2, -0.15) is 11.8 Å². The van der Waals surface area contributed by atoms with Crippen molar-refractivity contribution in [3.8, 4) is 5.75 Å². The summed E-state index contributed by atoms with van der Waals surface area (Å²) < 4.78 is 42.2. The fourth-order valence-electron chi connectivity index (χ4n) is 2.19. The van der Waals surface area contributed by atoms with E-state index >= 15 is 0 Å². The summed E-state index contributed by atoms with van der Waals surface area (Å²) in [5.74, 6) is 1.75. The van der Waals surface area contributed by atoms with Crippen LogP contribution in [0.25, 0.3) is 0 Å². The second-order valence-electron chi connectivity index (χ2n) is 5.70. The van der Waals surface area contributed by atoms with Gasteiger partial charge in [0.05, 0.1) is 5.69 Å². The molecule has 1 heterocycles. The smallest absolute Gasteiger partial charge is 0.404 e. The first-order chi connectivity index (χ1) is 9.67. The van der Waals surface area contributed by atoms with E-state index in [1.807, 2.05) is 11.8 Å². The van der Waals surface area contributed by atoms with E-state index in [9.17, 15) is 13.2 Å². The number of hydrogen-bond acceptors (Lipinski definition) is 3. The van der Waals surface area contributed by atoms with Crippen LogP contribution in [0.2, 0.25) is 0 Å². The molecule has 0 aliphatic carbocycles. The Morgan fingerprint density at radius 2 is 2.10 bits per heavy atom. The minimum absolute atomic E-state index is 0.0355. The summed E-state index contributed by atoms with van der Waals surface area (Å²) in [5.41, 5.74) is 0.407. The number of ether oxygens (including phenoxy) is 1. The summed E-state index contributed by atoms with van der Waals surface area (Å²) in [6.07, 6.45) is -3.67. The average Bonchev–Trinajstić information content (AvgIpc) is 2.32. The number of alkyl halides is 3. The Labute approximate surface area is 134 Å². The highest BCUT2D eigenvalue weighted by atomic mass is 79.9. The first kappa shape index (κ1) is 16.8. The lowest BCUT2D eigenvalue weighted by Gasteiger charge is -2.39. The number of nitrogens with one attached hydrogen (secondary N) is 1. The van der Waals surface area contributed by atoms with E-state index < -0.39 is 6.36 Å². The highest BCUT2D eigenvalue weighted by Crippen LogP contribution is 2.39. The highest BCUT2D eigenvalue weighted by molar-refractivity contribution is 9.10. The number of rotatable bonds is 3. The Morgan fingerprint density at radius 3 is 2.71 bits per heavy atom. The van der Waals surface area contributed by atoms with Gasteiger partial charge in [-0.1, -0.05) is 29.8 Å². The number of benzene rings is 1. The molecule has 0 bridgehead atoms. The number of hydrogen-bond donors (Lipinski definition) is 1. The monoisotopic (exact) mass is 383 g/mol. The molecule has 1 aliphatic rings. The largest absolute Gasteiger partial charge is 0.573 e. The summed E-state index contributed by atoms with van der Waals surface area (Å²) in [7, 11) is 0. The first-order valence-corrected chi connectivity index (χ1v) is 8.52. The van der Waals surface area contributed by atoms with Crippen LogP contribution >= 0.6 is 27.7 Å². The third-order valence-electron chi connectivity index (χ3n) is 3.62. The SMILES string of the molecule is CC1(C)CCSCC1Nc1ccc(Br)cc1OC(F)(F)F. The summed E-state index contributed by atoms with van der Waals surface area (Å²) >= 11 is 4.98. The van der Waals surface area contributed by atoms with Crippen LogP contribution in [-0.4, -0.2) is 23.9 Å². The molecule has 21 heavy (non-hydrogen) atoms. The van der Waals surface area contributed by atoms with Crippen LogP contribution in [0.15, 0.2) is 22.7 Å². The van der Waals surface area contributed by atoms with Gasteiger partial charge in [-0.05, 0) is 35.8 Å². The van der Waals surface area contributed by atoms with Gasteiger partial charge < -0.3 is 10.1 Å². The predicted molar refractivity (Wildman–Crippen MR) is 84.0 cm³/mol. The van der Waals surface area contributed by atoms with Crippen LogP contribution in [0.5, 0.6) is 5.75 Å². The zero-order valence-corrected chi connectivity index (χ0v) is 14.2. The van der Waals surface area contributed by atoms with Crippen molar-refractivity contribution in [1.82, 2.24) is 0 Å². The molecule has 1 aromatic rings. The number of halogens is 4. The van der Waals surface area contributed by atoms with Crippen molar-refractivity contribution in [3.05, 3.63) is 22.7 Å². The Bertz CT molecular complexity index is 507. The standard InChI is InChI=1S/C14H17BrF3NOS/c1-13(2)5-6-21-8-12(13)19-10-4-3-9(15)7-11(10)20-14(16,17)18/h3-4,7,12,19H,5-6,8H2,1-2H3. The van der Waals surface area contributed by atoms with Crippen molar-refractivity contribution in [2.75, 3.05) is 16.8 Å². The molecular weight excluding hydrogens is 367 g/mol.